The summed E-state index contributed by atoms with van der Waals surface area (Å²) >= 11 is 0. The number of hydrogen-bond donors (Lipinski definition) is 0. The minimum Gasteiger partial charge on any atom is -0.342 e. The van der Waals surface area contributed by atoms with Gasteiger partial charge in [0.1, 0.15) is 0 Å². The van der Waals surface area contributed by atoms with Crippen LogP contribution in [0, 0.1) is 0 Å². The zero-order valence-corrected chi connectivity index (χ0v) is 15.7. The molecule has 0 N–H and O–H groups in total. The van der Waals surface area contributed by atoms with Gasteiger partial charge in [0.15, 0.2) is 0 Å². The van der Waals surface area contributed by atoms with E-state index in [2.05, 4.69) is 16.7 Å². The minimum absolute atomic E-state index is 0.0120. The van der Waals surface area contributed by atoms with Gasteiger partial charge in [-0.2, -0.15) is 4.31 Å². The molecule has 0 saturated heterocycles. The van der Waals surface area contributed by atoms with Gasteiger partial charge in [-0.25, -0.2) is 8.42 Å². The maximum atomic E-state index is 13.2. The van der Waals surface area contributed by atoms with Crippen LogP contribution in [-0.2, 0) is 34.3 Å². The Kier molecular flexibility index (Phi) is 3.47. The lowest BCUT2D eigenvalue weighted by molar-refractivity contribution is -0.117. The third-order valence-electron chi connectivity index (χ3n) is 5.57. The molecule has 138 valence electrons. The summed E-state index contributed by atoms with van der Waals surface area (Å²) in [7, 11) is -1.89. The quantitative estimate of drug-likeness (QED) is 0.685. The van der Waals surface area contributed by atoms with Crippen molar-refractivity contribution >= 4 is 32.5 Å². The van der Waals surface area contributed by atoms with Gasteiger partial charge in [-0.15, -0.1) is 0 Å². The first-order chi connectivity index (χ1) is 12.9. The second kappa shape index (κ2) is 5.68. The molecule has 3 aromatic rings. The van der Waals surface area contributed by atoms with Crippen LogP contribution in [0.3, 0.4) is 0 Å². The van der Waals surface area contributed by atoms with Crippen molar-refractivity contribution in [2.45, 2.75) is 24.4 Å². The van der Waals surface area contributed by atoms with Gasteiger partial charge in [0.2, 0.25) is 15.9 Å². The summed E-state index contributed by atoms with van der Waals surface area (Å²) < 4.78 is 30.1. The Bertz CT molecular complexity index is 1200. The molecule has 3 heterocycles. The van der Waals surface area contributed by atoms with Gasteiger partial charge in [0, 0.05) is 37.0 Å². The maximum Gasteiger partial charge on any atom is 0.243 e. The largest absolute Gasteiger partial charge is 0.342 e. The zero-order chi connectivity index (χ0) is 18.8. The molecule has 7 heteroatoms. The van der Waals surface area contributed by atoms with Gasteiger partial charge in [-0.3, -0.25) is 4.79 Å². The average Bonchev–Trinajstić information content (AvgIpc) is 3.18. The molecule has 1 amide bonds. The molecule has 0 fully saturated rings. The van der Waals surface area contributed by atoms with Gasteiger partial charge < -0.3 is 9.47 Å². The summed E-state index contributed by atoms with van der Waals surface area (Å²) in [6, 6.07) is 15.2. The Morgan fingerprint density at radius 1 is 1.00 bits per heavy atom. The molecule has 0 atom stereocenters. The third kappa shape index (κ3) is 2.42. The highest BCUT2D eigenvalue weighted by atomic mass is 32.2. The van der Waals surface area contributed by atoms with Crippen molar-refractivity contribution in [2.24, 2.45) is 0 Å². The molecule has 2 aromatic carbocycles. The summed E-state index contributed by atoms with van der Waals surface area (Å²) in [4.78, 5) is 13.7. The lowest BCUT2D eigenvalue weighted by Crippen LogP contribution is -2.38. The predicted molar refractivity (Wildman–Crippen MR) is 103 cm³/mol. The van der Waals surface area contributed by atoms with E-state index in [1.54, 1.807) is 30.1 Å². The number of nitrogens with zero attached hydrogens (tertiary/aromatic N) is 3. The van der Waals surface area contributed by atoms with Crippen LogP contribution >= 0.6 is 0 Å². The second-order valence-corrected chi connectivity index (χ2v) is 9.04. The molecule has 0 saturated carbocycles. The fraction of sp³-hybridized carbons (Fsp3) is 0.250. The van der Waals surface area contributed by atoms with Crippen LogP contribution in [0.5, 0.6) is 0 Å². The van der Waals surface area contributed by atoms with Crippen molar-refractivity contribution < 1.29 is 13.2 Å². The molecule has 0 radical (unpaired) electrons. The highest BCUT2D eigenvalue weighted by Gasteiger charge is 2.31. The Labute approximate surface area is 157 Å². The van der Waals surface area contributed by atoms with Crippen LogP contribution in [0.4, 0.5) is 5.69 Å². The number of carbonyl (C=O) groups excluding carboxylic acids is 1. The highest BCUT2D eigenvalue weighted by Crippen LogP contribution is 2.32. The molecule has 2 aliphatic rings. The fourth-order valence-corrected chi connectivity index (χ4v) is 5.55. The minimum atomic E-state index is -3.61. The number of anilines is 1. The van der Waals surface area contributed by atoms with E-state index in [1.807, 2.05) is 18.2 Å². The lowest BCUT2D eigenvalue weighted by atomic mass is 10.2. The smallest absolute Gasteiger partial charge is 0.243 e. The average molecular weight is 381 g/mol. The maximum absolute atomic E-state index is 13.2. The third-order valence-corrected chi connectivity index (χ3v) is 7.41. The summed E-state index contributed by atoms with van der Waals surface area (Å²) in [6.45, 7) is 1.42. The van der Waals surface area contributed by atoms with E-state index in [1.165, 1.54) is 4.31 Å². The Hall–Kier alpha value is -2.64. The molecule has 0 aliphatic carbocycles. The number of benzene rings is 2. The monoisotopic (exact) mass is 381 g/mol. The number of aromatic nitrogens is 1. The van der Waals surface area contributed by atoms with E-state index in [9.17, 15) is 13.2 Å². The standard InChI is InChI=1S/C20H19N3O3S/c1-21-18-7-6-17(11-15(18)12-20(21)24)27(25,26)22-8-9-23-16(13-22)10-14-4-2-3-5-19(14)23/h2-7,10-11H,8-9,12-13H2,1H3. The summed E-state index contributed by atoms with van der Waals surface area (Å²) in [5, 5.41) is 1.13. The molecular formula is C20H19N3O3S. The van der Waals surface area contributed by atoms with Gasteiger partial charge in [0.05, 0.1) is 17.9 Å². The Balaban J connectivity index is 1.50. The topological polar surface area (TPSA) is 62.6 Å². The Morgan fingerprint density at radius 2 is 1.81 bits per heavy atom. The predicted octanol–water partition coefficient (Wildman–Crippen LogP) is 2.36. The molecule has 6 nitrogen and oxygen atoms in total. The summed E-state index contributed by atoms with van der Waals surface area (Å²) in [6.07, 6.45) is 0.253. The van der Waals surface area contributed by atoms with E-state index in [-0.39, 0.29) is 17.2 Å². The molecule has 27 heavy (non-hydrogen) atoms. The SMILES string of the molecule is CN1C(=O)Cc2cc(S(=O)(=O)N3CCn4c(cc5ccccc54)C3)ccc21. The van der Waals surface area contributed by atoms with Crippen LogP contribution < -0.4 is 4.90 Å². The van der Waals surface area contributed by atoms with Crippen LogP contribution in [0.25, 0.3) is 10.9 Å². The first-order valence-electron chi connectivity index (χ1n) is 8.92. The second-order valence-electron chi connectivity index (χ2n) is 7.10. The molecule has 1 aromatic heterocycles. The number of sulfonamides is 1. The van der Waals surface area contributed by atoms with Gasteiger partial charge in [-0.1, -0.05) is 18.2 Å². The summed E-state index contributed by atoms with van der Waals surface area (Å²) in [5.74, 6) is -0.0120. The number of likely N-dealkylation sites (N-methyl/N-ethyl adjacent to an activating group) is 1. The zero-order valence-electron chi connectivity index (χ0n) is 14.9. The first kappa shape index (κ1) is 16.5. The van der Waals surface area contributed by atoms with Crippen molar-refractivity contribution in [3.63, 3.8) is 0 Å². The first-order valence-corrected chi connectivity index (χ1v) is 10.4. The van der Waals surface area contributed by atoms with Gasteiger partial charge >= 0.3 is 0 Å². The van der Waals surface area contributed by atoms with Crippen LogP contribution in [0.15, 0.2) is 53.4 Å². The van der Waals surface area contributed by atoms with Crippen LogP contribution in [0.2, 0.25) is 0 Å². The number of fused-ring (bicyclic) bond motifs is 4. The van der Waals surface area contributed by atoms with Crippen molar-refractivity contribution in [1.82, 2.24) is 8.87 Å². The number of para-hydroxylation sites is 1. The fourth-order valence-electron chi connectivity index (χ4n) is 4.10. The molecule has 5 rings (SSSR count). The van der Waals surface area contributed by atoms with Crippen LogP contribution in [0.1, 0.15) is 11.3 Å². The molecule has 0 bridgehead atoms. The molecule has 2 aliphatic heterocycles. The molecule has 0 unspecified atom stereocenters. The molecular weight excluding hydrogens is 362 g/mol. The Morgan fingerprint density at radius 3 is 2.67 bits per heavy atom. The lowest BCUT2D eigenvalue weighted by Gasteiger charge is -2.28. The van der Waals surface area contributed by atoms with Crippen molar-refractivity contribution in [3.8, 4) is 0 Å². The number of carbonyl (C=O) groups is 1. The number of amides is 1. The highest BCUT2D eigenvalue weighted by molar-refractivity contribution is 7.89. The van der Waals surface area contributed by atoms with Crippen LogP contribution in [-0.4, -0.2) is 36.8 Å². The van der Waals surface area contributed by atoms with Crippen molar-refractivity contribution in [2.75, 3.05) is 18.5 Å². The summed E-state index contributed by atoms with van der Waals surface area (Å²) in [5.41, 5.74) is 3.71. The van der Waals surface area contributed by atoms with E-state index in [0.29, 0.717) is 19.6 Å². The van der Waals surface area contributed by atoms with E-state index < -0.39 is 10.0 Å². The van der Waals surface area contributed by atoms with E-state index in [4.69, 9.17) is 0 Å². The number of rotatable bonds is 2. The number of hydrogen-bond acceptors (Lipinski definition) is 3. The van der Waals surface area contributed by atoms with Gasteiger partial charge in [-0.05, 0) is 41.3 Å². The van der Waals surface area contributed by atoms with Gasteiger partial charge in [0.25, 0.3) is 0 Å². The normalized spacial score (nSPS) is 17.4. The van der Waals surface area contributed by atoms with Crippen molar-refractivity contribution in [3.05, 3.63) is 59.8 Å². The van der Waals surface area contributed by atoms with Crippen molar-refractivity contribution in [1.29, 1.82) is 0 Å². The molecule has 0 spiro atoms. The van der Waals surface area contributed by atoms with E-state index >= 15 is 0 Å². The van der Waals surface area contributed by atoms with E-state index in [0.717, 1.165) is 27.8 Å².